The van der Waals surface area contributed by atoms with Crippen LogP contribution in [0.15, 0.2) is 22.8 Å². The summed E-state index contributed by atoms with van der Waals surface area (Å²) >= 11 is 0. The highest BCUT2D eigenvalue weighted by molar-refractivity contribution is 5.88. The number of amides is 1. The molecule has 0 saturated carbocycles. The maximum atomic E-state index is 12.9. The zero-order chi connectivity index (χ0) is 18.3. The fraction of sp³-hybridized carbons (Fsp3) is 0.591. The van der Waals surface area contributed by atoms with E-state index in [-0.39, 0.29) is 5.91 Å². The Morgan fingerprint density at radius 1 is 1.23 bits per heavy atom. The molecule has 2 fully saturated rings. The molecule has 0 aliphatic carbocycles. The monoisotopic (exact) mass is 354 g/mol. The quantitative estimate of drug-likeness (QED) is 0.910. The third kappa shape index (κ3) is 3.27. The fourth-order valence-electron chi connectivity index (χ4n) is 4.75. The Bertz CT molecular complexity index is 794. The van der Waals surface area contributed by atoms with Crippen molar-refractivity contribution in [3.8, 4) is 0 Å². The van der Waals surface area contributed by atoms with Crippen LogP contribution in [-0.4, -0.2) is 37.0 Å². The van der Waals surface area contributed by atoms with Gasteiger partial charge in [-0.3, -0.25) is 4.79 Å². The Morgan fingerprint density at radius 3 is 2.58 bits per heavy atom. The van der Waals surface area contributed by atoms with Crippen molar-refractivity contribution < 1.29 is 9.21 Å². The summed E-state index contributed by atoms with van der Waals surface area (Å²) in [5, 5.41) is 4.60. The number of carbonyl (C=O) groups is 1. The van der Waals surface area contributed by atoms with Crippen molar-refractivity contribution in [2.45, 2.75) is 46.0 Å². The summed E-state index contributed by atoms with van der Waals surface area (Å²) in [6.45, 7) is 10.6. The van der Waals surface area contributed by atoms with Gasteiger partial charge < -0.3 is 14.6 Å². The van der Waals surface area contributed by atoms with Gasteiger partial charge in [0.1, 0.15) is 5.58 Å². The molecule has 1 aromatic heterocycles. The Labute approximate surface area is 155 Å². The number of fused-ring (bicyclic) bond motifs is 2. The molecule has 4 heteroatoms. The van der Waals surface area contributed by atoms with E-state index < -0.39 is 0 Å². The number of rotatable bonds is 3. The van der Waals surface area contributed by atoms with Crippen molar-refractivity contribution in [3.05, 3.63) is 35.1 Å². The van der Waals surface area contributed by atoms with E-state index in [1.165, 1.54) is 11.1 Å². The molecule has 2 atom stereocenters. The van der Waals surface area contributed by atoms with E-state index in [0.717, 1.165) is 67.4 Å². The first kappa shape index (κ1) is 17.6. The second kappa shape index (κ2) is 7.07. The van der Waals surface area contributed by atoms with Gasteiger partial charge in [0.15, 0.2) is 0 Å². The van der Waals surface area contributed by atoms with E-state index in [4.69, 9.17) is 4.42 Å². The molecule has 26 heavy (non-hydrogen) atoms. The summed E-state index contributed by atoms with van der Waals surface area (Å²) < 4.78 is 5.76. The zero-order valence-electron chi connectivity index (χ0n) is 16.2. The summed E-state index contributed by atoms with van der Waals surface area (Å²) in [6, 6.07) is 4.33. The second-order valence-electron chi connectivity index (χ2n) is 8.43. The van der Waals surface area contributed by atoms with E-state index in [2.05, 4.69) is 43.1 Å². The number of benzene rings is 1. The molecule has 4 nitrogen and oxygen atoms in total. The predicted octanol–water partition coefficient (Wildman–Crippen LogP) is 3.87. The number of hydrogen-bond donors (Lipinski definition) is 1. The largest absolute Gasteiger partial charge is 0.464 e. The minimum Gasteiger partial charge on any atom is -0.464 e. The molecule has 1 aromatic carbocycles. The molecule has 0 bridgehead atoms. The van der Waals surface area contributed by atoms with Crippen molar-refractivity contribution in [2.24, 2.45) is 11.8 Å². The van der Waals surface area contributed by atoms with E-state index in [1.54, 1.807) is 6.26 Å². The first-order valence-electron chi connectivity index (χ1n) is 10.0. The predicted molar refractivity (Wildman–Crippen MR) is 104 cm³/mol. The van der Waals surface area contributed by atoms with Gasteiger partial charge in [0.25, 0.3) is 0 Å². The zero-order valence-corrected chi connectivity index (χ0v) is 16.2. The van der Waals surface area contributed by atoms with Gasteiger partial charge in [0.05, 0.1) is 12.7 Å². The molecule has 0 spiro atoms. The first-order valence-corrected chi connectivity index (χ1v) is 10.0. The first-order chi connectivity index (χ1) is 12.5. The Kier molecular flexibility index (Phi) is 4.78. The topological polar surface area (TPSA) is 45.5 Å². The molecule has 3 heterocycles. The van der Waals surface area contributed by atoms with Gasteiger partial charge in [-0.2, -0.15) is 0 Å². The Morgan fingerprint density at radius 2 is 1.92 bits per heavy atom. The maximum Gasteiger partial charge on any atom is 0.227 e. The van der Waals surface area contributed by atoms with E-state index in [1.807, 2.05) is 0 Å². The van der Waals surface area contributed by atoms with Crippen LogP contribution in [0.5, 0.6) is 0 Å². The molecule has 0 radical (unpaired) electrons. The average molecular weight is 354 g/mol. The third-order valence-electron chi connectivity index (χ3n) is 6.38. The molecule has 0 unspecified atom stereocenters. The van der Waals surface area contributed by atoms with Gasteiger partial charge in [0, 0.05) is 24.0 Å². The minimum absolute atomic E-state index is 0.243. The minimum atomic E-state index is 0.243. The maximum absolute atomic E-state index is 12.9. The van der Waals surface area contributed by atoms with Crippen LogP contribution in [0.3, 0.4) is 0 Å². The molecule has 140 valence electrons. The molecule has 2 aliphatic rings. The number of aryl methyl sites for hydroxylation is 1. The number of hydrogen-bond acceptors (Lipinski definition) is 3. The van der Waals surface area contributed by atoms with Gasteiger partial charge in [0.2, 0.25) is 5.91 Å². The number of furan rings is 1. The van der Waals surface area contributed by atoms with Crippen LogP contribution in [0, 0.1) is 18.8 Å². The molecular formula is C22H30N2O2. The highest BCUT2D eigenvalue weighted by Gasteiger charge is 2.31. The van der Waals surface area contributed by atoms with Crippen molar-refractivity contribution in [1.82, 2.24) is 10.2 Å². The van der Waals surface area contributed by atoms with Crippen LogP contribution >= 0.6 is 0 Å². The van der Waals surface area contributed by atoms with Crippen LogP contribution in [0.1, 0.15) is 49.3 Å². The highest BCUT2D eigenvalue weighted by Crippen LogP contribution is 2.30. The average Bonchev–Trinajstić information content (AvgIpc) is 3.15. The second-order valence-corrected chi connectivity index (χ2v) is 8.43. The highest BCUT2D eigenvalue weighted by atomic mass is 16.3. The normalized spacial score (nSPS) is 23.5. The van der Waals surface area contributed by atoms with Gasteiger partial charge >= 0.3 is 0 Å². The van der Waals surface area contributed by atoms with Crippen LogP contribution in [0.25, 0.3) is 11.0 Å². The van der Waals surface area contributed by atoms with Crippen LogP contribution < -0.4 is 5.32 Å². The molecule has 2 aliphatic heterocycles. The lowest BCUT2D eigenvalue weighted by Crippen LogP contribution is -2.33. The van der Waals surface area contributed by atoms with Crippen molar-refractivity contribution >= 4 is 16.9 Å². The molecule has 1 amide bonds. The summed E-state index contributed by atoms with van der Waals surface area (Å²) in [6.07, 6.45) is 4.49. The smallest absolute Gasteiger partial charge is 0.227 e. The van der Waals surface area contributed by atoms with E-state index in [0.29, 0.717) is 12.3 Å². The summed E-state index contributed by atoms with van der Waals surface area (Å²) in [5.41, 5.74) is 4.51. The standard InChI is InChI=1S/C22H30N2O2/c1-14(2)19-10-20-18(13-26-21(20)8-15(19)3)9-22(25)24-6-4-16-11-23-12-17(16)5-7-24/h8,10,13-14,16-17,23H,4-7,9,11-12H2,1-3H3/t16-,17+. The summed E-state index contributed by atoms with van der Waals surface area (Å²) in [5.74, 6) is 2.21. The lowest BCUT2D eigenvalue weighted by molar-refractivity contribution is -0.130. The van der Waals surface area contributed by atoms with Crippen LogP contribution in [-0.2, 0) is 11.2 Å². The number of carbonyl (C=O) groups excluding carboxylic acids is 1. The van der Waals surface area contributed by atoms with Gasteiger partial charge in [-0.25, -0.2) is 0 Å². The van der Waals surface area contributed by atoms with Crippen LogP contribution in [0.2, 0.25) is 0 Å². The van der Waals surface area contributed by atoms with Crippen molar-refractivity contribution in [2.75, 3.05) is 26.2 Å². The molecular weight excluding hydrogens is 324 g/mol. The summed E-state index contributed by atoms with van der Waals surface area (Å²) in [7, 11) is 0. The number of nitrogens with zero attached hydrogens (tertiary/aromatic N) is 1. The lowest BCUT2D eigenvalue weighted by Gasteiger charge is -2.20. The third-order valence-corrected chi connectivity index (χ3v) is 6.38. The number of nitrogens with one attached hydrogen (secondary N) is 1. The van der Waals surface area contributed by atoms with E-state index in [9.17, 15) is 4.79 Å². The van der Waals surface area contributed by atoms with Gasteiger partial charge in [-0.1, -0.05) is 13.8 Å². The summed E-state index contributed by atoms with van der Waals surface area (Å²) in [4.78, 5) is 15.0. The number of likely N-dealkylation sites (tertiary alicyclic amines) is 1. The van der Waals surface area contributed by atoms with Crippen molar-refractivity contribution in [3.63, 3.8) is 0 Å². The van der Waals surface area contributed by atoms with Gasteiger partial charge in [-0.05, 0) is 73.9 Å². The SMILES string of the molecule is Cc1cc2occ(CC(=O)N3CC[C@@H]4CNC[C@@H]4CC3)c2cc1C(C)C. The fourth-order valence-corrected chi connectivity index (χ4v) is 4.75. The molecule has 2 aromatic rings. The Balaban J connectivity index is 1.51. The molecule has 2 saturated heterocycles. The lowest BCUT2D eigenvalue weighted by atomic mass is 9.92. The van der Waals surface area contributed by atoms with E-state index >= 15 is 0 Å². The Hall–Kier alpha value is -1.81. The molecule has 4 rings (SSSR count). The van der Waals surface area contributed by atoms with Crippen molar-refractivity contribution in [1.29, 1.82) is 0 Å². The van der Waals surface area contributed by atoms with Crippen LogP contribution in [0.4, 0.5) is 0 Å². The molecule has 1 N–H and O–H groups in total. The van der Waals surface area contributed by atoms with Gasteiger partial charge in [-0.15, -0.1) is 0 Å².